The number of pyridine rings is 2. The number of benzene rings is 5. The van der Waals surface area contributed by atoms with Gasteiger partial charge in [-0.25, -0.2) is 9.97 Å². The van der Waals surface area contributed by atoms with E-state index in [1.807, 2.05) is 24.4 Å². The maximum atomic E-state index is 4.94. The zero-order valence-corrected chi connectivity index (χ0v) is 24.0. The summed E-state index contributed by atoms with van der Waals surface area (Å²) in [7, 11) is 0. The quantitative estimate of drug-likeness (QED) is 0.208. The Morgan fingerprint density at radius 1 is 0.364 bits per heavy atom. The molecule has 4 heteroatoms. The van der Waals surface area contributed by atoms with E-state index in [4.69, 9.17) is 9.97 Å². The molecule has 4 nitrogen and oxygen atoms in total. The molecule has 208 valence electrons. The molecular weight excluding hydrogens is 536 g/mol. The van der Waals surface area contributed by atoms with Gasteiger partial charge in [0.15, 0.2) is 0 Å². The van der Waals surface area contributed by atoms with Gasteiger partial charge in [0.1, 0.15) is 5.82 Å². The summed E-state index contributed by atoms with van der Waals surface area (Å²) in [6.45, 7) is 0. The van der Waals surface area contributed by atoms with E-state index in [1.165, 1.54) is 0 Å². The lowest BCUT2D eigenvalue weighted by Gasteiger charge is -2.39. The van der Waals surface area contributed by atoms with E-state index in [9.17, 15) is 0 Å². The fraction of sp³-hybridized carbons (Fsp3) is 0. The Morgan fingerprint density at radius 2 is 0.864 bits per heavy atom. The van der Waals surface area contributed by atoms with E-state index in [0.29, 0.717) is 0 Å². The highest BCUT2D eigenvalue weighted by Crippen LogP contribution is 2.53. The molecule has 44 heavy (non-hydrogen) atoms. The summed E-state index contributed by atoms with van der Waals surface area (Å²) >= 11 is 0. The molecule has 0 N–H and O–H groups in total. The molecule has 0 amide bonds. The predicted octanol–water partition coefficient (Wildman–Crippen LogP) is 10.7. The smallest absolute Gasteiger partial charge is 0.138 e. The highest BCUT2D eigenvalue weighted by Gasteiger charge is 2.30. The molecule has 0 aliphatic carbocycles. The normalized spacial score (nSPS) is 12.0. The van der Waals surface area contributed by atoms with Crippen LogP contribution in [0.5, 0.6) is 0 Å². The monoisotopic (exact) mass is 564 g/mol. The lowest BCUT2D eigenvalue weighted by atomic mass is 10.0. The van der Waals surface area contributed by atoms with Crippen LogP contribution in [0.1, 0.15) is 0 Å². The van der Waals surface area contributed by atoms with Crippen LogP contribution in [0, 0.1) is 0 Å². The Balaban J connectivity index is 1.16. The summed E-state index contributed by atoms with van der Waals surface area (Å²) in [6, 6.07) is 56.9. The first-order valence-corrected chi connectivity index (χ1v) is 14.8. The molecule has 3 heterocycles. The highest BCUT2D eigenvalue weighted by molar-refractivity contribution is 6.01. The molecule has 5 aromatic carbocycles. The second-order valence-electron chi connectivity index (χ2n) is 10.7. The first-order chi connectivity index (χ1) is 21.8. The van der Waals surface area contributed by atoms with Crippen LogP contribution in [0.15, 0.2) is 170 Å². The highest BCUT2D eigenvalue weighted by atomic mass is 15.3. The van der Waals surface area contributed by atoms with Crippen molar-refractivity contribution in [1.82, 2.24) is 9.97 Å². The number of para-hydroxylation sites is 5. The van der Waals surface area contributed by atoms with Gasteiger partial charge in [0.05, 0.1) is 34.1 Å². The summed E-state index contributed by atoms with van der Waals surface area (Å²) in [5, 5.41) is 0. The van der Waals surface area contributed by atoms with E-state index in [0.717, 1.165) is 67.9 Å². The molecule has 0 bridgehead atoms. The third-order valence-corrected chi connectivity index (χ3v) is 8.05. The van der Waals surface area contributed by atoms with Crippen molar-refractivity contribution < 1.29 is 0 Å². The third-order valence-electron chi connectivity index (χ3n) is 8.05. The van der Waals surface area contributed by atoms with Gasteiger partial charge in [-0.1, -0.05) is 103 Å². The maximum absolute atomic E-state index is 4.94. The molecule has 0 saturated carbocycles. The molecule has 0 spiro atoms. The van der Waals surface area contributed by atoms with Crippen LogP contribution in [-0.4, -0.2) is 9.97 Å². The third kappa shape index (κ3) is 4.59. The van der Waals surface area contributed by atoms with Crippen molar-refractivity contribution in [2.24, 2.45) is 0 Å². The summed E-state index contributed by atoms with van der Waals surface area (Å²) in [6.07, 6.45) is 1.90. The SMILES string of the molecule is c1ccc(-c2cccc(-c3ccc(-c4ccnc(N5c6ccccc6N(c6ccccc6)c6ccccc65)c4)cc3)n2)cc1. The molecule has 2 aromatic heterocycles. The first kappa shape index (κ1) is 25.7. The fourth-order valence-corrected chi connectivity index (χ4v) is 5.97. The lowest BCUT2D eigenvalue weighted by Crippen LogP contribution is -2.24. The number of nitrogens with zero attached hydrogens (tertiary/aromatic N) is 4. The van der Waals surface area contributed by atoms with Crippen LogP contribution in [-0.2, 0) is 0 Å². The lowest BCUT2D eigenvalue weighted by molar-refractivity contribution is 1.13. The molecule has 0 radical (unpaired) electrons. The number of fused-ring (bicyclic) bond motifs is 2. The molecule has 0 fully saturated rings. The number of anilines is 6. The number of hydrogen-bond donors (Lipinski definition) is 0. The average molecular weight is 565 g/mol. The van der Waals surface area contributed by atoms with E-state index < -0.39 is 0 Å². The van der Waals surface area contributed by atoms with Crippen molar-refractivity contribution in [1.29, 1.82) is 0 Å². The van der Waals surface area contributed by atoms with Crippen LogP contribution < -0.4 is 9.80 Å². The van der Waals surface area contributed by atoms with Gasteiger partial charge in [0, 0.05) is 23.0 Å². The van der Waals surface area contributed by atoms with Gasteiger partial charge in [-0.15, -0.1) is 0 Å². The topological polar surface area (TPSA) is 32.3 Å². The first-order valence-electron chi connectivity index (χ1n) is 14.8. The van der Waals surface area contributed by atoms with E-state index >= 15 is 0 Å². The molecule has 0 unspecified atom stereocenters. The van der Waals surface area contributed by atoms with Gasteiger partial charge in [-0.2, -0.15) is 0 Å². The largest absolute Gasteiger partial charge is 0.306 e. The van der Waals surface area contributed by atoms with E-state index in [1.54, 1.807) is 0 Å². The van der Waals surface area contributed by atoms with Crippen molar-refractivity contribution >= 4 is 34.3 Å². The van der Waals surface area contributed by atoms with E-state index in [-0.39, 0.29) is 0 Å². The van der Waals surface area contributed by atoms with Crippen LogP contribution >= 0.6 is 0 Å². The van der Waals surface area contributed by atoms with Crippen LogP contribution in [0.2, 0.25) is 0 Å². The fourth-order valence-electron chi connectivity index (χ4n) is 5.97. The predicted molar refractivity (Wildman–Crippen MR) is 181 cm³/mol. The Labute approximate surface area is 257 Å². The maximum Gasteiger partial charge on any atom is 0.138 e. The standard InChI is InChI=1S/C40H28N4/c1-3-12-30(13-4-1)34-16-11-17-35(42-34)31-24-22-29(23-25-31)32-26-27-41-40(28-32)44-38-20-9-7-18-36(38)43(33-14-5-2-6-15-33)37-19-8-10-21-39(37)44/h1-28H. The van der Waals surface area contributed by atoms with Gasteiger partial charge in [-0.05, 0) is 71.8 Å². The molecule has 1 aliphatic heterocycles. The van der Waals surface area contributed by atoms with Crippen LogP contribution in [0.3, 0.4) is 0 Å². The van der Waals surface area contributed by atoms with Crippen molar-refractivity contribution in [3.63, 3.8) is 0 Å². The van der Waals surface area contributed by atoms with Crippen LogP contribution in [0.4, 0.5) is 34.3 Å². The van der Waals surface area contributed by atoms with E-state index in [2.05, 4.69) is 155 Å². The number of rotatable bonds is 5. The van der Waals surface area contributed by atoms with Gasteiger partial charge in [-0.3, -0.25) is 4.90 Å². The molecule has 1 aliphatic rings. The van der Waals surface area contributed by atoms with Gasteiger partial charge in [0.25, 0.3) is 0 Å². The average Bonchev–Trinajstić information content (AvgIpc) is 3.11. The zero-order chi connectivity index (χ0) is 29.3. The van der Waals surface area contributed by atoms with Gasteiger partial charge in [0.2, 0.25) is 0 Å². The Hall–Kier alpha value is -6.00. The minimum absolute atomic E-state index is 0.872. The summed E-state index contributed by atoms with van der Waals surface area (Å²) in [5.41, 5.74) is 11.9. The van der Waals surface area contributed by atoms with Crippen molar-refractivity contribution in [2.75, 3.05) is 9.80 Å². The van der Waals surface area contributed by atoms with Crippen molar-refractivity contribution in [3.05, 3.63) is 170 Å². The zero-order valence-electron chi connectivity index (χ0n) is 24.0. The molecule has 0 atom stereocenters. The second kappa shape index (κ2) is 11.0. The Bertz CT molecular complexity index is 2020. The van der Waals surface area contributed by atoms with Crippen LogP contribution in [0.25, 0.3) is 33.6 Å². The molecular formula is C40H28N4. The molecule has 0 saturated heterocycles. The second-order valence-corrected chi connectivity index (χ2v) is 10.7. The molecule has 7 aromatic rings. The minimum atomic E-state index is 0.872. The molecule has 8 rings (SSSR count). The number of hydrogen-bond acceptors (Lipinski definition) is 4. The minimum Gasteiger partial charge on any atom is -0.306 e. The Kier molecular flexibility index (Phi) is 6.43. The Morgan fingerprint density at radius 3 is 1.48 bits per heavy atom. The summed E-state index contributed by atoms with van der Waals surface area (Å²) < 4.78 is 0. The number of aromatic nitrogens is 2. The van der Waals surface area contributed by atoms with Crippen molar-refractivity contribution in [2.45, 2.75) is 0 Å². The van der Waals surface area contributed by atoms with Gasteiger partial charge < -0.3 is 4.90 Å². The summed E-state index contributed by atoms with van der Waals surface area (Å²) in [5.74, 6) is 0.872. The van der Waals surface area contributed by atoms with Crippen molar-refractivity contribution in [3.8, 4) is 33.6 Å². The van der Waals surface area contributed by atoms with Gasteiger partial charge >= 0.3 is 0 Å². The summed E-state index contributed by atoms with van der Waals surface area (Å²) in [4.78, 5) is 14.4.